The third-order valence-corrected chi connectivity index (χ3v) is 4.21. The molecule has 4 nitrogen and oxygen atoms in total. The molecule has 0 radical (unpaired) electrons. The molecular formula is C11H7BrO4S. The smallest absolute Gasteiger partial charge is 0.347 e. The van der Waals surface area contributed by atoms with Gasteiger partial charge in [-0.05, 0) is 29.3 Å². The van der Waals surface area contributed by atoms with Crippen molar-refractivity contribution in [1.29, 1.82) is 0 Å². The van der Waals surface area contributed by atoms with Crippen LogP contribution in [0.2, 0.25) is 0 Å². The van der Waals surface area contributed by atoms with Gasteiger partial charge in [0.25, 0.3) is 0 Å². The molecule has 1 aromatic rings. The van der Waals surface area contributed by atoms with Crippen LogP contribution < -0.4 is 0 Å². The number of carboxylic acids is 1. The molecule has 1 aliphatic heterocycles. The lowest BCUT2D eigenvalue weighted by Crippen LogP contribution is -2.07. The number of aliphatic carboxylic acids is 1. The molecule has 88 valence electrons. The van der Waals surface area contributed by atoms with Crippen molar-refractivity contribution in [2.45, 2.75) is 0 Å². The molecular weight excluding hydrogens is 308 g/mol. The Bertz CT molecular complexity index is 656. The number of rotatable bonds is 2. The molecule has 0 aliphatic carbocycles. The standard InChI is InChI=1S/C11H7BrO4S/c12-9-3-1-2-7(4-9)8-5-10(11(13)14)17(15,16)6-8/h1-6H,(H,13,14). The van der Waals surface area contributed by atoms with E-state index in [4.69, 9.17) is 5.11 Å². The van der Waals surface area contributed by atoms with Crippen LogP contribution in [-0.4, -0.2) is 19.5 Å². The topological polar surface area (TPSA) is 71.4 Å². The van der Waals surface area contributed by atoms with E-state index in [0.717, 1.165) is 9.88 Å². The second-order valence-electron chi connectivity index (χ2n) is 3.44. The molecule has 1 aliphatic rings. The van der Waals surface area contributed by atoms with Crippen molar-refractivity contribution in [3.8, 4) is 0 Å². The Labute approximate surface area is 106 Å². The highest BCUT2D eigenvalue weighted by Gasteiger charge is 2.28. The maximum absolute atomic E-state index is 11.5. The van der Waals surface area contributed by atoms with Crippen molar-refractivity contribution in [2.24, 2.45) is 0 Å². The molecule has 1 N–H and O–H groups in total. The first-order valence-corrected chi connectivity index (χ1v) is 6.92. The summed E-state index contributed by atoms with van der Waals surface area (Å²) < 4.78 is 23.9. The third kappa shape index (κ3) is 2.32. The number of allylic oxidation sites excluding steroid dienone is 2. The summed E-state index contributed by atoms with van der Waals surface area (Å²) >= 11 is 3.27. The molecule has 17 heavy (non-hydrogen) atoms. The van der Waals surface area contributed by atoms with Gasteiger partial charge in [-0.3, -0.25) is 0 Å². The van der Waals surface area contributed by atoms with Gasteiger partial charge in [-0.25, -0.2) is 13.2 Å². The van der Waals surface area contributed by atoms with E-state index in [2.05, 4.69) is 15.9 Å². The number of carboxylic acid groups (broad SMARTS) is 1. The molecule has 0 fully saturated rings. The Balaban J connectivity index is 2.54. The Kier molecular flexibility index (Phi) is 2.92. The fraction of sp³-hybridized carbons (Fsp3) is 0. The van der Waals surface area contributed by atoms with Crippen LogP contribution in [0.3, 0.4) is 0 Å². The van der Waals surface area contributed by atoms with Crippen molar-refractivity contribution in [1.82, 2.24) is 0 Å². The van der Waals surface area contributed by atoms with Gasteiger partial charge < -0.3 is 5.11 Å². The second kappa shape index (κ2) is 4.12. The largest absolute Gasteiger partial charge is 0.477 e. The van der Waals surface area contributed by atoms with Crippen LogP contribution in [0.1, 0.15) is 5.56 Å². The van der Waals surface area contributed by atoms with Crippen molar-refractivity contribution in [3.05, 3.63) is 50.7 Å². The normalized spacial score (nSPS) is 17.5. The van der Waals surface area contributed by atoms with Crippen LogP contribution in [0.25, 0.3) is 5.57 Å². The SMILES string of the molecule is O=C(O)C1=CC(c2cccc(Br)c2)=CS1(=O)=O. The van der Waals surface area contributed by atoms with E-state index < -0.39 is 20.7 Å². The maximum Gasteiger partial charge on any atom is 0.347 e. The highest BCUT2D eigenvalue weighted by molar-refractivity contribution is 9.10. The zero-order valence-corrected chi connectivity index (χ0v) is 10.8. The van der Waals surface area contributed by atoms with Gasteiger partial charge in [0.1, 0.15) is 0 Å². The van der Waals surface area contributed by atoms with Crippen molar-refractivity contribution >= 4 is 37.3 Å². The number of carbonyl (C=O) groups is 1. The summed E-state index contributed by atoms with van der Waals surface area (Å²) in [5.41, 5.74) is 1.03. The molecule has 0 amide bonds. The molecule has 0 spiro atoms. The minimum atomic E-state index is -3.81. The molecule has 0 atom stereocenters. The molecule has 0 bridgehead atoms. The quantitative estimate of drug-likeness (QED) is 0.908. The number of hydrogen-bond donors (Lipinski definition) is 1. The summed E-state index contributed by atoms with van der Waals surface area (Å²) in [7, 11) is -3.81. The fourth-order valence-electron chi connectivity index (χ4n) is 1.49. The predicted octanol–water partition coefficient (Wildman–Crippen LogP) is 2.19. The third-order valence-electron chi connectivity index (χ3n) is 2.24. The van der Waals surface area contributed by atoms with Gasteiger partial charge in [0.05, 0.1) is 0 Å². The summed E-state index contributed by atoms with van der Waals surface area (Å²) in [6.45, 7) is 0. The summed E-state index contributed by atoms with van der Waals surface area (Å²) in [4.78, 5) is 10.2. The summed E-state index contributed by atoms with van der Waals surface area (Å²) in [6, 6.07) is 6.99. The molecule has 2 rings (SSSR count). The van der Waals surface area contributed by atoms with Crippen molar-refractivity contribution in [3.63, 3.8) is 0 Å². The molecule has 0 saturated carbocycles. The van der Waals surface area contributed by atoms with E-state index in [-0.39, 0.29) is 0 Å². The van der Waals surface area contributed by atoms with Crippen molar-refractivity contribution in [2.75, 3.05) is 0 Å². The monoisotopic (exact) mass is 314 g/mol. The van der Waals surface area contributed by atoms with E-state index >= 15 is 0 Å². The number of benzene rings is 1. The highest BCUT2D eigenvalue weighted by atomic mass is 79.9. The minimum absolute atomic E-state index is 0.378. The highest BCUT2D eigenvalue weighted by Crippen LogP contribution is 2.30. The lowest BCUT2D eigenvalue weighted by atomic mass is 10.1. The predicted molar refractivity (Wildman–Crippen MR) is 66.8 cm³/mol. The van der Waals surface area contributed by atoms with Gasteiger partial charge in [0, 0.05) is 9.88 Å². The first-order valence-electron chi connectivity index (χ1n) is 4.58. The average molecular weight is 315 g/mol. The summed E-state index contributed by atoms with van der Waals surface area (Å²) in [5, 5.41) is 9.75. The van der Waals surface area contributed by atoms with Crippen LogP contribution >= 0.6 is 15.9 Å². The minimum Gasteiger partial charge on any atom is -0.477 e. The Hall–Kier alpha value is -1.40. The second-order valence-corrected chi connectivity index (χ2v) is 6.12. The van der Waals surface area contributed by atoms with E-state index in [9.17, 15) is 13.2 Å². The molecule has 6 heteroatoms. The van der Waals surface area contributed by atoms with Crippen LogP contribution in [0.4, 0.5) is 0 Å². The lowest BCUT2D eigenvalue weighted by Gasteiger charge is -1.98. The van der Waals surface area contributed by atoms with Crippen molar-refractivity contribution < 1.29 is 18.3 Å². The lowest BCUT2D eigenvalue weighted by molar-refractivity contribution is -0.131. The zero-order chi connectivity index (χ0) is 12.6. The Morgan fingerprint density at radius 2 is 2.00 bits per heavy atom. The van der Waals surface area contributed by atoms with Crippen LogP contribution in [-0.2, 0) is 14.6 Å². The Morgan fingerprint density at radius 3 is 2.53 bits per heavy atom. The van der Waals surface area contributed by atoms with E-state index in [0.29, 0.717) is 11.1 Å². The Morgan fingerprint density at radius 1 is 1.29 bits per heavy atom. The van der Waals surface area contributed by atoms with Gasteiger partial charge in [-0.15, -0.1) is 0 Å². The summed E-state index contributed by atoms with van der Waals surface area (Å²) in [5.74, 6) is -1.44. The molecule has 0 saturated heterocycles. The summed E-state index contributed by atoms with van der Waals surface area (Å²) in [6.07, 6.45) is 1.17. The van der Waals surface area contributed by atoms with Gasteiger partial charge in [0.15, 0.2) is 4.91 Å². The molecule has 1 aromatic carbocycles. The van der Waals surface area contributed by atoms with E-state index in [1.54, 1.807) is 24.3 Å². The zero-order valence-electron chi connectivity index (χ0n) is 8.42. The maximum atomic E-state index is 11.5. The molecule has 0 aromatic heterocycles. The molecule has 1 heterocycles. The first-order chi connectivity index (χ1) is 7.90. The van der Waals surface area contributed by atoms with Gasteiger partial charge in [-0.2, -0.15) is 0 Å². The molecule has 0 unspecified atom stereocenters. The van der Waals surface area contributed by atoms with Crippen LogP contribution in [0.5, 0.6) is 0 Å². The van der Waals surface area contributed by atoms with Gasteiger partial charge >= 0.3 is 5.97 Å². The number of hydrogen-bond acceptors (Lipinski definition) is 3. The van der Waals surface area contributed by atoms with Crippen LogP contribution in [0.15, 0.2) is 45.1 Å². The fourth-order valence-corrected chi connectivity index (χ4v) is 3.09. The van der Waals surface area contributed by atoms with Crippen LogP contribution in [0, 0.1) is 0 Å². The van der Waals surface area contributed by atoms with Gasteiger partial charge in [-0.1, -0.05) is 28.1 Å². The average Bonchev–Trinajstić information content (AvgIpc) is 2.54. The van der Waals surface area contributed by atoms with E-state index in [1.807, 2.05) is 0 Å². The first kappa shape index (κ1) is 12.1. The number of halogens is 1. The number of sulfone groups is 1. The van der Waals surface area contributed by atoms with Gasteiger partial charge in [0.2, 0.25) is 9.84 Å². The van der Waals surface area contributed by atoms with E-state index in [1.165, 1.54) is 6.08 Å².